The quantitative estimate of drug-likeness (QED) is 0.693. The monoisotopic (exact) mass is 398 g/mol. The van der Waals surface area contributed by atoms with Gasteiger partial charge in [0.1, 0.15) is 5.69 Å². The summed E-state index contributed by atoms with van der Waals surface area (Å²) in [5.41, 5.74) is 3.72. The number of carbonyl (C=O) groups is 1. The van der Waals surface area contributed by atoms with Crippen LogP contribution in [0.25, 0.3) is 4.96 Å². The number of aliphatic hydroxyl groups excluding tert-OH is 1. The first-order chi connectivity index (χ1) is 13.5. The van der Waals surface area contributed by atoms with Gasteiger partial charge in [0.15, 0.2) is 4.96 Å². The van der Waals surface area contributed by atoms with Gasteiger partial charge in [0, 0.05) is 36.4 Å². The second-order valence-corrected chi connectivity index (χ2v) is 8.54. The first-order valence-corrected chi connectivity index (χ1v) is 10.6. The van der Waals surface area contributed by atoms with Gasteiger partial charge in [0.05, 0.1) is 11.8 Å². The van der Waals surface area contributed by atoms with Crippen molar-refractivity contribution in [2.45, 2.75) is 45.8 Å². The molecule has 4 rings (SSSR count). The molecule has 1 aliphatic heterocycles. The maximum atomic E-state index is 12.8. The molecule has 2 aromatic heterocycles. The number of hydrogen-bond acceptors (Lipinski definition) is 5. The van der Waals surface area contributed by atoms with Crippen molar-refractivity contribution in [3.05, 3.63) is 52.3 Å². The topological polar surface area (TPSA) is 69.9 Å². The largest absolute Gasteiger partial charge is 0.393 e. The number of anilines is 1. The van der Waals surface area contributed by atoms with Gasteiger partial charge in [-0.1, -0.05) is 19.1 Å². The number of amides is 1. The van der Waals surface area contributed by atoms with Gasteiger partial charge < -0.3 is 15.3 Å². The highest BCUT2D eigenvalue weighted by atomic mass is 32.1. The number of aliphatic hydroxyl groups is 1. The Labute approximate surface area is 168 Å². The highest BCUT2D eigenvalue weighted by Crippen LogP contribution is 2.22. The van der Waals surface area contributed by atoms with Crippen LogP contribution in [0.2, 0.25) is 0 Å². The molecule has 0 radical (unpaired) electrons. The van der Waals surface area contributed by atoms with Crippen LogP contribution in [0.5, 0.6) is 0 Å². The lowest BCUT2D eigenvalue weighted by Gasteiger charge is -2.31. The van der Waals surface area contributed by atoms with Gasteiger partial charge in [-0.05, 0) is 43.9 Å². The molecule has 0 bridgehead atoms. The summed E-state index contributed by atoms with van der Waals surface area (Å²) in [4.78, 5) is 21.7. The van der Waals surface area contributed by atoms with Gasteiger partial charge in [-0.15, -0.1) is 11.3 Å². The standard InChI is InChI=1S/C21H26N4O2S/c1-3-18-19(25-13-14(2)28-21(25)23-18)20(27)22-12-15-4-6-16(7-5-15)24-10-8-17(26)9-11-24/h4-7,13,17,26H,3,8-12H2,1-2H3,(H,22,27). The summed E-state index contributed by atoms with van der Waals surface area (Å²) >= 11 is 1.60. The summed E-state index contributed by atoms with van der Waals surface area (Å²) in [5.74, 6) is -0.0868. The van der Waals surface area contributed by atoms with Crippen molar-refractivity contribution < 1.29 is 9.90 Å². The molecule has 7 heteroatoms. The molecule has 148 valence electrons. The SMILES string of the molecule is CCc1nc2sc(C)cn2c1C(=O)NCc1ccc(N2CCC(O)CC2)cc1. The van der Waals surface area contributed by atoms with Gasteiger partial charge in [-0.25, -0.2) is 4.98 Å². The van der Waals surface area contributed by atoms with Gasteiger partial charge in [-0.2, -0.15) is 0 Å². The van der Waals surface area contributed by atoms with Gasteiger partial charge >= 0.3 is 0 Å². The molecule has 0 unspecified atom stereocenters. The fourth-order valence-corrected chi connectivity index (χ4v) is 4.55. The van der Waals surface area contributed by atoms with Gasteiger partial charge in [0.2, 0.25) is 0 Å². The van der Waals surface area contributed by atoms with Crippen LogP contribution in [-0.2, 0) is 13.0 Å². The van der Waals surface area contributed by atoms with Crippen molar-refractivity contribution in [3.63, 3.8) is 0 Å². The Morgan fingerprint density at radius 3 is 2.68 bits per heavy atom. The Morgan fingerprint density at radius 2 is 2.00 bits per heavy atom. The Kier molecular flexibility index (Phi) is 5.37. The third-order valence-corrected chi connectivity index (χ3v) is 6.18. The van der Waals surface area contributed by atoms with Crippen LogP contribution in [0.4, 0.5) is 5.69 Å². The molecule has 1 aromatic carbocycles. The molecular weight excluding hydrogens is 372 g/mol. The number of hydrogen-bond donors (Lipinski definition) is 2. The molecular formula is C21H26N4O2S. The molecule has 1 fully saturated rings. The number of carbonyl (C=O) groups excluding carboxylic acids is 1. The van der Waals surface area contributed by atoms with Gasteiger partial charge in [-0.3, -0.25) is 9.20 Å². The number of nitrogens with zero attached hydrogens (tertiary/aromatic N) is 3. The van der Waals surface area contributed by atoms with E-state index >= 15 is 0 Å². The van der Waals surface area contributed by atoms with E-state index in [2.05, 4.69) is 39.5 Å². The van der Waals surface area contributed by atoms with Crippen molar-refractivity contribution in [3.8, 4) is 0 Å². The van der Waals surface area contributed by atoms with Crippen LogP contribution >= 0.6 is 11.3 Å². The smallest absolute Gasteiger partial charge is 0.270 e. The summed E-state index contributed by atoms with van der Waals surface area (Å²) in [6.45, 7) is 6.30. The van der Waals surface area contributed by atoms with Crippen molar-refractivity contribution >= 4 is 27.9 Å². The number of benzene rings is 1. The second-order valence-electron chi connectivity index (χ2n) is 7.32. The van der Waals surface area contributed by atoms with Crippen molar-refractivity contribution in [1.29, 1.82) is 0 Å². The number of piperidine rings is 1. The average Bonchev–Trinajstić information content (AvgIpc) is 3.22. The summed E-state index contributed by atoms with van der Waals surface area (Å²) in [6.07, 6.45) is 4.18. The minimum absolute atomic E-state index is 0.0868. The highest BCUT2D eigenvalue weighted by Gasteiger charge is 2.20. The number of nitrogens with one attached hydrogen (secondary N) is 1. The number of rotatable bonds is 5. The Hall–Kier alpha value is -2.38. The zero-order valence-electron chi connectivity index (χ0n) is 16.3. The zero-order valence-corrected chi connectivity index (χ0v) is 17.1. The van der Waals surface area contributed by atoms with E-state index < -0.39 is 0 Å². The Bertz CT molecular complexity index is 968. The molecule has 0 aliphatic carbocycles. The molecule has 3 aromatic rings. The first kappa shape index (κ1) is 19.0. The molecule has 1 saturated heterocycles. The van der Waals surface area contributed by atoms with Crippen molar-refractivity contribution in [2.75, 3.05) is 18.0 Å². The molecule has 0 saturated carbocycles. The van der Waals surface area contributed by atoms with E-state index in [4.69, 9.17) is 0 Å². The maximum Gasteiger partial charge on any atom is 0.270 e. The zero-order chi connectivity index (χ0) is 19.7. The van der Waals surface area contributed by atoms with E-state index in [0.717, 1.165) is 53.4 Å². The summed E-state index contributed by atoms with van der Waals surface area (Å²) in [7, 11) is 0. The maximum absolute atomic E-state index is 12.8. The van der Waals surface area contributed by atoms with E-state index in [9.17, 15) is 9.90 Å². The predicted octanol–water partition coefficient (Wildman–Crippen LogP) is 3.16. The van der Waals surface area contributed by atoms with E-state index in [0.29, 0.717) is 12.2 Å². The Balaban J connectivity index is 1.42. The summed E-state index contributed by atoms with van der Waals surface area (Å²) < 4.78 is 1.90. The molecule has 2 N–H and O–H groups in total. The molecule has 3 heterocycles. The first-order valence-electron chi connectivity index (χ1n) is 9.82. The Morgan fingerprint density at radius 1 is 1.29 bits per heavy atom. The second kappa shape index (κ2) is 7.93. The van der Waals surface area contributed by atoms with Crippen LogP contribution in [0, 0.1) is 6.92 Å². The van der Waals surface area contributed by atoms with E-state index in [1.54, 1.807) is 11.3 Å². The summed E-state index contributed by atoms with van der Waals surface area (Å²) in [5, 5.41) is 12.7. The summed E-state index contributed by atoms with van der Waals surface area (Å²) in [6, 6.07) is 8.30. The van der Waals surface area contributed by atoms with E-state index in [-0.39, 0.29) is 12.0 Å². The van der Waals surface area contributed by atoms with E-state index in [1.807, 2.05) is 24.4 Å². The number of aromatic nitrogens is 2. The third kappa shape index (κ3) is 3.77. The molecule has 28 heavy (non-hydrogen) atoms. The van der Waals surface area contributed by atoms with Crippen LogP contribution in [0.15, 0.2) is 30.5 Å². The third-order valence-electron chi connectivity index (χ3n) is 5.28. The lowest BCUT2D eigenvalue weighted by molar-refractivity contribution is 0.0944. The predicted molar refractivity (Wildman–Crippen MR) is 112 cm³/mol. The number of imidazole rings is 1. The van der Waals surface area contributed by atoms with Crippen LogP contribution in [-0.4, -0.2) is 39.6 Å². The van der Waals surface area contributed by atoms with Crippen molar-refractivity contribution in [2.24, 2.45) is 0 Å². The fourth-order valence-electron chi connectivity index (χ4n) is 3.70. The fraction of sp³-hybridized carbons (Fsp3) is 0.429. The van der Waals surface area contributed by atoms with Crippen LogP contribution < -0.4 is 10.2 Å². The van der Waals surface area contributed by atoms with Crippen molar-refractivity contribution in [1.82, 2.24) is 14.7 Å². The minimum atomic E-state index is -0.166. The number of fused-ring (bicyclic) bond motifs is 1. The average molecular weight is 399 g/mol. The molecule has 6 nitrogen and oxygen atoms in total. The van der Waals surface area contributed by atoms with E-state index in [1.165, 1.54) is 5.69 Å². The number of thiazole rings is 1. The highest BCUT2D eigenvalue weighted by molar-refractivity contribution is 7.17. The van der Waals surface area contributed by atoms with Crippen LogP contribution in [0.3, 0.4) is 0 Å². The lowest BCUT2D eigenvalue weighted by Crippen LogP contribution is -2.35. The van der Waals surface area contributed by atoms with Crippen LogP contribution in [0.1, 0.15) is 46.4 Å². The number of aryl methyl sites for hydroxylation is 2. The lowest BCUT2D eigenvalue weighted by atomic mass is 10.1. The molecule has 0 spiro atoms. The molecule has 1 amide bonds. The van der Waals surface area contributed by atoms with Gasteiger partial charge in [0.25, 0.3) is 5.91 Å². The molecule has 0 atom stereocenters. The minimum Gasteiger partial charge on any atom is -0.393 e. The molecule has 1 aliphatic rings. The normalized spacial score (nSPS) is 15.3.